The van der Waals surface area contributed by atoms with E-state index in [1.807, 2.05) is 0 Å². The van der Waals surface area contributed by atoms with Gasteiger partial charge < -0.3 is 0 Å². The molecule has 0 aromatic carbocycles. The van der Waals surface area contributed by atoms with Crippen molar-refractivity contribution in [2.75, 3.05) is 18.5 Å². The Morgan fingerprint density at radius 3 is 2.44 bits per heavy atom. The van der Waals surface area contributed by atoms with Crippen LogP contribution in [0.5, 0.6) is 0 Å². The molecule has 0 amide bonds. The molecule has 0 radical (unpaired) electrons. The van der Waals surface area contributed by atoms with Crippen LogP contribution in [-0.2, 0) is 0 Å². The fourth-order valence-corrected chi connectivity index (χ4v) is 3.29. The molecule has 2 heteroatoms. The van der Waals surface area contributed by atoms with Crippen molar-refractivity contribution in [3.05, 3.63) is 0 Å². The normalized spacial score (nSPS) is 38.1. The molecule has 0 N–H and O–H groups in total. The van der Waals surface area contributed by atoms with Gasteiger partial charge in [0.15, 0.2) is 0 Å². The number of alkyl halides is 2. The Bertz CT molecular complexity index is 105. The van der Waals surface area contributed by atoms with E-state index in [0.717, 1.165) is 0 Å². The summed E-state index contributed by atoms with van der Waals surface area (Å²) in [6.45, 7) is 3.73. The quantitative estimate of drug-likeness (QED) is 0.295. The van der Waals surface area contributed by atoms with Crippen LogP contribution in [0.4, 0.5) is 0 Å². The van der Waals surface area contributed by atoms with Gasteiger partial charge in [-0.2, -0.15) is 0 Å². The van der Waals surface area contributed by atoms with Crippen LogP contribution in [0.2, 0.25) is 0 Å². The second kappa shape index (κ2) is 2.74. The van der Waals surface area contributed by atoms with Crippen LogP contribution in [-0.4, -0.2) is 27.0 Å². The summed E-state index contributed by atoms with van der Waals surface area (Å²) in [6, 6.07) is 0. The Labute approximate surface area is 68.1 Å². The van der Waals surface area contributed by atoms with Gasteiger partial charge in [-0.3, -0.25) is 0 Å². The molecule has 1 atom stereocenters. The Hall–Kier alpha value is 0.690. The third-order valence-electron chi connectivity index (χ3n) is 2.33. The molecule has 1 rings (SSSR count). The van der Waals surface area contributed by atoms with Gasteiger partial charge in [-0.1, -0.05) is 0 Å². The Kier molecular flexibility index (Phi) is 2.37. The zero-order chi connectivity index (χ0) is 6.91. The molecule has 1 heterocycles. The van der Waals surface area contributed by atoms with Crippen molar-refractivity contribution in [1.29, 1.82) is 0 Å². The first-order chi connectivity index (χ1) is 4.19. The number of halogens is 1. The average molecular weight is 240 g/mol. The molecule has 0 saturated carbocycles. The van der Waals surface area contributed by atoms with Crippen LogP contribution in [0.15, 0.2) is 0 Å². The molecule has 0 aromatic rings. The average Bonchev–Trinajstić information content (AvgIpc) is 2.15. The van der Waals surface area contributed by atoms with Crippen molar-refractivity contribution in [3.8, 4) is 0 Å². The van der Waals surface area contributed by atoms with Crippen LogP contribution in [0.1, 0.15) is 19.8 Å². The fourth-order valence-electron chi connectivity index (χ4n) is 1.30. The van der Waals surface area contributed by atoms with E-state index >= 15 is 0 Å². The minimum absolute atomic E-state index is 0.406. The standard InChI is InChI=1S/C7H15IN/c1-7(8-2)5-4-6-9(7)3/h4-6H2,1-3H3/q-1/t7-/m0/s1. The van der Waals surface area contributed by atoms with Crippen molar-refractivity contribution in [1.82, 2.24) is 4.90 Å². The summed E-state index contributed by atoms with van der Waals surface area (Å²) in [5.41, 5.74) is 0. The van der Waals surface area contributed by atoms with Crippen molar-refractivity contribution >= 4 is 0 Å². The maximum atomic E-state index is 2.53. The van der Waals surface area contributed by atoms with E-state index in [9.17, 15) is 0 Å². The number of rotatable bonds is 1. The van der Waals surface area contributed by atoms with E-state index in [1.165, 1.54) is 19.4 Å². The zero-order valence-corrected chi connectivity index (χ0v) is 8.60. The van der Waals surface area contributed by atoms with E-state index in [1.54, 1.807) is 0 Å². The topological polar surface area (TPSA) is 3.24 Å². The van der Waals surface area contributed by atoms with Gasteiger partial charge in [-0.25, -0.2) is 0 Å². The van der Waals surface area contributed by atoms with Gasteiger partial charge in [-0.05, 0) is 0 Å². The van der Waals surface area contributed by atoms with E-state index in [2.05, 4.69) is 23.8 Å². The van der Waals surface area contributed by atoms with Gasteiger partial charge in [-0.15, -0.1) is 0 Å². The second-order valence-corrected chi connectivity index (χ2v) is 6.26. The summed E-state index contributed by atoms with van der Waals surface area (Å²) < 4.78 is 0.638. The number of hydrogen-bond donors (Lipinski definition) is 0. The fraction of sp³-hybridized carbons (Fsp3) is 1.00. The summed E-state index contributed by atoms with van der Waals surface area (Å²) in [5.74, 6) is 0. The molecule has 0 aromatic heterocycles. The molecule has 0 spiro atoms. The first-order valence-electron chi connectivity index (χ1n) is 3.41. The number of nitrogens with zero attached hydrogens (tertiary/aromatic N) is 1. The van der Waals surface area contributed by atoms with Crippen molar-refractivity contribution < 1.29 is 21.2 Å². The SMILES string of the molecule is C[I-][C@]1(C)CCCN1C. The first kappa shape index (κ1) is 7.79. The van der Waals surface area contributed by atoms with Crippen molar-refractivity contribution in [2.45, 2.75) is 23.3 Å². The maximum absolute atomic E-state index is 2.53. The molecular weight excluding hydrogens is 225 g/mol. The summed E-state index contributed by atoms with van der Waals surface area (Å²) >= 11 is 0.406. The van der Waals surface area contributed by atoms with Crippen LogP contribution in [0.25, 0.3) is 0 Å². The molecule has 9 heavy (non-hydrogen) atoms. The van der Waals surface area contributed by atoms with Crippen LogP contribution in [0, 0.1) is 0 Å². The molecule has 0 unspecified atom stereocenters. The van der Waals surface area contributed by atoms with Gasteiger partial charge in [0, 0.05) is 0 Å². The molecule has 56 valence electrons. The monoisotopic (exact) mass is 240 g/mol. The van der Waals surface area contributed by atoms with Gasteiger partial charge in [0.2, 0.25) is 0 Å². The van der Waals surface area contributed by atoms with Gasteiger partial charge >= 0.3 is 67.9 Å². The molecule has 0 bridgehead atoms. The number of likely N-dealkylation sites (tertiary alicyclic amines) is 1. The van der Waals surface area contributed by atoms with Gasteiger partial charge in [0.05, 0.1) is 0 Å². The third-order valence-corrected chi connectivity index (χ3v) is 6.02. The van der Waals surface area contributed by atoms with E-state index in [-0.39, 0.29) is 0 Å². The molecule has 1 nitrogen and oxygen atoms in total. The number of hydrogen-bond acceptors (Lipinski definition) is 1. The van der Waals surface area contributed by atoms with E-state index in [4.69, 9.17) is 0 Å². The predicted molar refractivity (Wildman–Crippen MR) is 36.2 cm³/mol. The van der Waals surface area contributed by atoms with Crippen LogP contribution in [0.3, 0.4) is 0 Å². The summed E-state index contributed by atoms with van der Waals surface area (Å²) in [5, 5.41) is 0. The van der Waals surface area contributed by atoms with Crippen LogP contribution < -0.4 is 21.2 Å². The second-order valence-electron chi connectivity index (χ2n) is 2.86. The third kappa shape index (κ3) is 1.40. The Morgan fingerprint density at radius 2 is 2.22 bits per heavy atom. The molecule has 1 fully saturated rings. The van der Waals surface area contributed by atoms with Gasteiger partial charge in [0.25, 0.3) is 0 Å². The minimum atomic E-state index is 0.406. The molecule has 1 saturated heterocycles. The molecule has 0 aliphatic carbocycles. The zero-order valence-electron chi connectivity index (χ0n) is 6.45. The van der Waals surface area contributed by atoms with Crippen molar-refractivity contribution in [3.63, 3.8) is 0 Å². The van der Waals surface area contributed by atoms with Gasteiger partial charge in [0.1, 0.15) is 0 Å². The predicted octanol–water partition coefficient (Wildman–Crippen LogP) is -1.85. The summed E-state index contributed by atoms with van der Waals surface area (Å²) in [4.78, 5) is 4.92. The first-order valence-corrected chi connectivity index (χ1v) is 6.64. The van der Waals surface area contributed by atoms with E-state index < -0.39 is 0 Å². The van der Waals surface area contributed by atoms with E-state index in [0.29, 0.717) is 24.8 Å². The molecular formula is C7H15IN-. The summed E-state index contributed by atoms with van der Waals surface area (Å²) in [6.07, 6.45) is 2.86. The van der Waals surface area contributed by atoms with Crippen LogP contribution >= 0.6 is 0 Å². The molecule has 1 aliphatic heterocycles. The Balaban J connectivity index is 2.56. The summed E-state index contributed by atoms with van der Waals surface area (Å²) in [7, 11) is 2.26. The van der Waals surface area contributed by atoms with Crippen molar-refractivity contribution in [2.24, 2.45) is 0 Å². The Morgan fingerprint density at radius 1 is 1.56 bits per heavy atom. The molecule has 1 aliphatic rings.